The van der Waals surface area contributed by atoms with Crippen molar-refractivity contribution in [2.75, 3.05) is 18.6 Å². The van der Waals surface area contributed by atoms with Gasteiger partial charge in [0.2, 0.25) is 22.1 Å². The van der Waals surface area contributed by atoms with E-state index in [1.165, 1.54) is 30.2 Å². The molecule has 1 saturated heterocycles. The van der Waals surface area contributed by atoms with E-state index in [2.05, 4.69) is 19.8 Å². The van der Waals surface area contributed by atoms with E-state index >= 15 is 0 Å². The minimum Gasteiger partial charge on any atom is -0.477 e. The molecule has 1 fully saturated rings. The Morgan fingerprint density at radius 2 is 2.19 bits per heavy atom. The topological polar surface area (TPSA) is 211 Å². The summed E-state index contributed by atoms with van der Waals surface area (Å²) in [7, 11) is 1.24. The third-order valence-electron chi connectivity index (χ3n) is 5.54. The normalized spacial score (nSPS) is 19.5. The van der Waals surface area contributed by atoms with Crippen LogP contribution in [0.25, 0.3) is 4.83 Å². The molecule has 5 rings (SSSR count). The number of anilines is 1. The number of primary amides is 1. The van der Waals surface area contributed by atoms with E-state index in [0.717, 1.165) is 21.3 Å². The van der Waals surface area contributed by atoms with Crippen LogP contribution >= 0.6 is 34.6 Å². The molecule has 37 heavy (non-hydrogen) atoms. The van der Waals surface area contributed by atoms with E-state index < -0.39 is 35.1 Å². The number of β-lactam (4-membered cyclic amide) rings is 1. The van der Waals surface area contributed by atoms with Gasteiger partial charge in [-0.3, -0.25) is 19.3 Å². The molecule has 3 amide bonds. The number of amides is 3. The van der Waals surface area contributed by atoms with Crippen LogP contribution < -0.4 is 21.4 Å². The van der Waals surface area contributed by atoms with E-state index in [9.17, 15) is 24.3 Å². The van der Waals surface area contributed by atoms with Crippen LogP contribution in [0.5, 0.6) is 0 Å². The predicted molar refractivity (Wildman–Crippen MR) is 132 cm³/mol. The molecule has 18 heteroatoms. The number of thiazole rings is 1. The molecule has 0 bridgehead atoms. The number of hydrogen-bond donors (Lipinski definition) is 4. The molecule has 15 nitrogen and oxygen atoms in total. The lowest BCUT2D eigenvalue weighted by molar-refractivity contribution is -0.687. The molecule has 6 N–H and O–H groups in total. The van der Waals surface area contributed by atoms with Crippen LogP contribution in [0.1, 0.15) is 16.3 Å². The number of aliphatic carboxylic acids is 1. The second-order valence-electron chi connectivity index (χ2n) is 7.81. The van der Waals surface area contributed by atoms with Crippen molar-refractivity contribution in [1.82, 2.24) is 24.0 Å². The maximum absolute atomic E-state index is 13.0. The average molecular weight is 565 g/mol. The quantitative estimate of drug-likeness (QED) is 0.109. The number of oxime groups is 1. The highest BCUT2D eigenvalue weighted by atomic mass is 32.2. The van der Waals surface area contributed by atoms with Gasteiger partial charge in [0.25, 0.3) is 24.0 Å². The third kappa shape index (κ3) is 4.27. The highest BCUT2D eigenvalue weighted by molar-refractivity contribution is 8.00. The van der Waals surface area contributed by atoms with Crippen molar-refractivity contribution >= 4 is 74.0 Å². The molecule has 192 valence electrons. The molecule has 0 spiro atoms. The van der Waals surface area contributed by atoms with Crippen molar-refractivity contribution < 1.29 is 33.7 Å². The molecule has 5 heterocycles. The first kappa shape index (κ1) is 24.7. The Balaban J connectivity index is 1.36. The fourth-order valence-corrected chi connectivity index (χ4v) is 6.68. The van der Waals surface area contributed by atoms with Crippen molar-refractivity contribution in [1.29, 1.82) is 0 Å². The molecule has 0 aliphatic carbocycles. The van der Waals surface area contributed by atoms with E-state index in [-0.39, 0.29) is 28.9 Å². The van der Waals surface area contributed by atoms with Crippen LogP contribution in [0, 0.1) is 0 Å². The van der Waals surface area contributed by atoms with Crippen LogP contribution in [0.2, 0.25) is 0 Å². The summed E-state index contributed by atoms with van der Waals surface area (Å²) in [6, 6.07) is -0.989. The second kappa shape index (κ2) is 9.45. The van der Waals surface area contributed by atoms with Crippen LogP contribution in [0.3, 0.4) is 0 Å². The van der Waals surface area contributed by atoms with Crippen molar-refractivity contribution in [2.24, 2.45) is 10.9 Å². The van der Waals surface area contributed by atoms with Crippen LogP contribution in [0.15, 0.2) is 34.3 Å². The molecule has 0 saturated carbocycles. The number of fused-ring (bicyclic) bond motifs is 2. The predicted octanol–water partition coefficient (Wildman–Crippen LogP) is -1.39. The maximum atomic E-state index is 13.0. The number of nitrogens with two attached hydrogens (primary N) is 2. The molecule has 0 aromatic carbocycles. The van der Waals surface area contributed by atoms with Gasteiger partial charge in [-0.1, -0.05) is 16.5 Å². The number of carboxylic acid groups (broad SMARTS) is 1. The van der Waals surface area contributed by atoms with Crippen LogP contribution in [-0.2, 0) is 25.8 Å². The van der Waals surface area contributed by atoms with Gasteiger partial charge in [0.15, 0.2) is 5.13 Å². The van der Waals surface area contributed by atoms with Gasteiger partial charge in [-0.2, -0.15) is 13.8 Å². The molecular formula is C19H18N9O6S3+. The van der Waals surface area contributed by atoms with E-state index in [1.807, 2.05) is 0 Å². The number of nitrogens with zero attached hydrogens (tertiary/aromatic N) is 6. The summed E-state index contributed by atoms with van der Waals surface area (Å²) >= 11 is 3.50. The lowest BCUT2D eigenvalue weighted by atomic mass is 10.0. The van der Waals surface area contributed by atoms with E-state index in [1.54, 1.807) is 26.9 Å². The summed E-state index contributed by atoms with van der Waals surface area (Å²) < 4.78 is 7.28. The van der Waals surface area contributed by atoms with Crippen molar-refractivity contribution in [3.8, 4) is 0 Å². The summed E-state index contributed by atoms with van der Waals surface area (Å²) in [4.78, 5) is 60.2. The molecule has 3 aromatic rings. The molecular weight excluding hydrogens is 546 g/mol. The van der Waals surface area contributed by atoms with Crippen molar-refractivity contribution in [3.05, 3.63) is 40.7 Å². The molecule has 2 atom stereocenters. The minimum atomic E-state index is -1.26. The third-order valence-corrected chi connectivity index (χ3v) is 8.31. The molecule has 3 aromatic heterocycles. The Kier molecular flexibility index (Phi) is 6.30. The smallest absolute Gasteiger partial charge is 0.352 e. The zero-order valence-electron chi connectivity index (χ0n) is 18.9. The van der Waals surface area contributed by atoms with Gasteiger partial charge < -0.3 is 26.7 Å². The Morgan fingerprint density at radius 1 is 1.41 bits per heavy atom. The Hall–Kier alpha value is -4.03. The van der Waals surface area contributed by atoms with Gasteiger partial charge in [0.1, 0.15) is 37.0 Å². The van der Waals surface area contributed by atoms with Gasteiger partial charge in [-0.15, -0.1) is 11.8 Å². The SMILES string of the molecule is CO/N=C(\C(=O)N[C@@H]1C(=O)N2C(C(=O)O)=C(C[n+]3cc4scc(C(N)=O)n4c3)CS[C@H]12)c1nsc(N)n1. The number of rotatable bonds is 8. The zero-order valence-corrected chi connectivity index (χ0v) is 21.3. The number of carbonyl (C=O) groups is 4. The van der Waals surface area contributed by atoms with Gasteiger partial charge in [0, 0.05) is 28.2 Å². The number of nitrogen functional groups attached to an aromatic ring is 1. The monoisotopic (exact) mass is 564 g/mol. The Labute approximate surface area is 219 Å². The molecule has 2 aliphatic heterocycles. The number of imidazole rings is 1. The molecule has 2 aliphatic rings. The fraction of sp³-hybridized carbons (Fsp3) is 0.263. The van der Waals surface area contributed by atoms with Gasteiger partial charge in [-0.05, 0) is 0 Å². The summed E-state index contributed by atoms with van der Waals surface area (Å²) in [5.41, 5.74) is 11.4. The first-order valence-electron chi connectivity index (χ1n) is 10.4. The Bertz CT molecular complexity index is 1520. The standard InChI is InChI=1S/C19H17N9O6S3/c1-34-24-10(14-23-19(21)37-25-14)15(30)22-11-16(31)28-12(18(32)33)7(4-36-17(11)28)2-26-3-9-27(6-26)8(5-35-9)13(20)29/h3,5-6,11,17H,2,4H2,1H3,(H5-,20,21,22,23,25,29,30,32,33)/p+1/b24-10-/t11-,17-/m1/s1. The molecule has 0 unspecified atom stereocenters. The van der Waals surface area contributed by atoms with Gasteiger partial charge in [-0.25, -0.2) is 9.36 Å². The van der Waals surface area contributed by atoms with Crippen LogP contribution in [-0.4, -0.2) is 77.4 Å². The number of carboxylic acids is 1. The summed E-state index contributed by atoms with van der Waals surface area (Å²) in [6.07, 6.45) is 3.41. The lowest BCUT2D eigenvalue weighted by Gasteiger charge is -2.49. The average Bonchev–Trinajstić information content (AvgIpc) is 3.56. The number of thioether (sulfide) groups is 1. The summed E-state index contributed by atoms with van der Waals surface area (Å²) in [6.45, 7) is 0.177. The van der Waals surface area contributed by atoms with Gasteiger partial charge >= 0.3 is 5.97 Å². The molecule has 0 radical (unpaired) electrons. The summed E-state index contributed by atoms with van der Waals surface area (Å²) in [5.74, 6) is -2.95. The first-order chi connectivity index (χ1) is 17.7. The number of hydrogen-bond acceptors (Lipinski definition) is 12. The van der Waals surface area contributed by atoms with Crippen LogP contribution in [0.4, 0.5) is 5.13 Å². The highest BCUT2D eigenvalue weighted by Gasteiger charge is 2.54. The van der Waals surface area contributed by atoms with Gasteiger partial charge in [0.05, 0.1) is 0 Å². The van der Waals surface area contributed by atoms with Crippen molar-refractivity contribution in [2.45, 2.75) is 18.0 Å². The fourth-order valence-electron chi connectivity index (χ4n) is 3.99. The lowest BCUT2D eigenvalue weighted by Crippen LogP contribution is -2.71. The maximum Gasteiger partial charge on any atom is 0.352 e. The number of nitrogens with one attached hydrogen (secondary N) is 1. The minimum absolute atomic E-state index is 0.0563. The summed E-state index contributed by atoms with van der Waals surface area (Å²) in [5, 5.41) is 17.3. The number of carbonyl (C=O) groups excluding carboxylic acids is 3. The first-order valence-corrected chi connectivity index (χ1v) is 13.1. The highest BCUT2D eigenvalue weighted by Crippen LogP contribution is 2.40. The second-order valence-corrected chi connectivity index (χ2v) is 10.6. The number of aromatic nitrogens is 4. The van der Waals surface area contributed by atoms with E-state index in [4.69, 9.17) is 16.3 Å². The van der Waals surface area contributed by atoms with E-state index in [0.29, 0.717) is 17.0 Å². The van der Waals surface area contributed by atoms with Crippen molar-refractivity contribution in [3.63, 3.8) is 0 Å². The zero-order chi connectivity index (χ0) is 26.4. The largest absolute Gasteiger partial charge is 0.477 e. The Morgan fingerprint density at radius 3 is 2.84 bits per heavy atom.